The van der Waals surface area contributed by atoms with Crippen LogP contribution in [0.5, 0.6) is 0 Å². The standard InChI is InChI=1S/C12H22N2O3/c1-8(9(2)13)12(17)14-6-5-10(7-14)3-4-11(15)16/h8-10H,3-7,13H2,1-2H3,(H,15,16). The number of hydrogen-bond acceptors (Lipinski definition) is 3. The van der Waals surface area contributed by atoms with E-state index < -0.39 is 5.97 Å². The molecule has 0 aromatic carbocycles. The van der Waals surface area contributed by atoms with Crippen molar-refractivity contribution in [2.45, 2.75) is 39.2 Å². The average Bonchev–Trinajstić information content (AvgIpc) is 2.72. The van der Waals surface area contributed by atoms with Gasteiger partial charge in [-0.25, -0.2) is 0 Å². The minimum Gasteiger partial charge on any atom is -0.481 e. The highest BCUT2D eigenvalue weighted by atomic mass is 16.4. The van der Waals surface area contributed by atoms with E-state index in [0.717, 1.165) is 13.0 Å². The molecule has 98 valence electrons. The molecule has 0 radical (unpaired) electrons. The average molecular weight is 242 g/mol. The van der Waals surface area contributed by atoms with E-state index in [-0.39, 0.29) is 24.3 Å². The Kier molecular flexibility index (Phi) is 4.93. The van der Waals surface area contributed by atoms with Crippen LogP contribution >= 0.6 is 0 Å². The summed E-state index contributed by atoms with van der Waals surface area (Å²) >= 11 is 0. The summed E-state index contributed by atoms with van der Waals surface area (Å²) in [6.45, 7) is 5.10. The molecule has 1 fully saturated rings. The summed E-state index contributed by atoms with van der Waals surface area (Å²) in [5, 5.41) is 8.61. The van der Waals surface area contributed by atoms with Gasteiger partial charge in [0.25, 0.3) is 0 Å². The normalized spacial score (nSPS) is 23.5. The fourth-order valence-corrected chi connectivity index (χ4v) is 2.11. The second-order valence-electron chi connectivity index (χ2n) is 5.02. The van der Waals surface area contributed by atoms with Crippen molar-refractivity contribution in [3.8, 4) is 0 Å². The van der Waals surface area contributed by atoms with E-state index in [4.69, 9.17) is 10.8 Å². The van der Waals surface area contributed by atoms with E-state index in [1.807, 2.05) is 18.7 Å². The van der Waals surface area contributed by atoms with Gasteiger partial charge in [-0.15, -0.1) is 0 Å². The van der Waals surface area contributed by atoms with Crippen molar-refractivity contribution in [2.24, 2.45) is 17.6 Å². The molecule has 1 aliphatic heterocycles. The van der Waals surface area contributed by atoms with Gasteiger partial charge >= 0.3 is 5.97 Å². The molecule has 5 nitrogen and oxygen atoms in total. The van der Waals surface area contributed by atoms with Gasteiger partial charge in [0.1, 0.15) is 0 Å². The number of nitrogens with two attached hydrogens (primary N) is 1. The van der Waals surface area contributed by atoms with Crippen LogP contribution in [0, 0.1) is 11.8 Å². The lowest BCUT2D eigenvalue weighted by Gasteiger charge is -2.23. The third-order valence-electron chi connectivity index (χ3n) is 3.54. The van der Waals surface area contributed by atoms with Crippen molar-refractivity contribution in [3.63, 3.8) is 0 Å². The Bertz CT molecular complexity index is 291. The fourth-order valence-electron chi connectivity index (χ4n) is 2.11. The molecule has 0 aliphatic carbocycles. The van der Waals surface area contributed by atoms with Crippen molar-refractivity contribution in [1.29, 1.82) is 0 Å². The van der Waals surface area contributed by atoms with Crippen molar-refractivity contribution >= 4 is 11.9 Å². The van der Waals surface area contributed by atoms with E-state index in [1.165, 1.54) is 0 Å². The van der Waals surface area contributed by atoms with Crippen LogP contribution < -0.4 is 5.73 Å². The van der Waals surface area contributed by atoms with Crippen LogP contribution in [-0.4, -0.2) is 41.0 Å². The number of carbonyl (C=O) groups excluding carboxylic acids is 1. The summed E-state index contributed by atoms with van der Waals surface area (Å²) in [6.07, 6.45) is 1.76. The first-order valence-corrected chi connectivity index (χ1v) is 6.18. The number of rotatable bonds is 5. The monoisotopic (exact) mass is 242 g/mol. The third kappa shape index (κ3) is 4.00. The number of aliphatic carboxylic acids is 1. The predicted octanol–water partition coefficient (Wildman–Crippen LogP) is 0.683. The molecule has 3 unspecified atom stereocenters. The topological polar surface area (TPSA) is 83.6 Å². The number of hydrogen-bond donors (Lipinski definition) is 2. The van der Waals surface area contributed by atoms with E-state index >= 15 is 0 Å². The largest absolute Gasteiger partial charge is 0.481 e. The van der Waals surface area contributed by atoms with Crippen LogP contribution in [0.25, 0.3) is 0 Å². The number of carbonyl (C=O) groups is 2. The summed E-state index contributed by atoms with van der Waals surface area (Å²) in [5.74, 6) is -0.500. The lowest BCUT2D eigenvalue weighted by atomic mass is 10.0. The molecule has 5 heteroatoms. The van der Waals surface area contributed by atoms with Crippen molar-refractivity contribution in [2.75, 3.05) is 13.1 Å². The Balaban J connectivity index is 2.39. The van der Waals surface area contributed by atoms with Gasteiger partial charge in [-0.3, -0.25) is 9.59 Å². The molecule has 1 heterocycles. The van der Waals surface area contributed by atoms with Crippen LogP contribution in [0.1, 0.15) is 33.1 Å². The third-order valence-corrected chi connectivity index (χ3v) is 3.54. The Morgan fingerprint density at radius 1 is 1.47 bits per heavy atom. The van der Waals surface area contributed by atoms with Crippen LogP contribution in [0.15, 0.2) is 0 Å². The van der Waals surface area contributed by atoms with Gasteiger partial charge in [0.15, 0.2) is 0 Å². The zero-order valence-corrected chi connectivity index (χ0v) is 10.6. The van der Waals surface area contributed by atoms with Gasteiger partial charge in [0.05, 0.1) is 5.92 Å². The number of likely N-dealkylation sites (tertiary alicyclic amines) is 1. The Morgan fingerprint density at radius 2 is 2.12 bits per heavy atom. The van der Waals surface area contributed by atoms with Gasteiger partial charge in [-0.2, -0.15) is 0 Å². The fraction of sp³-hybridized carbons (Fsp3) is 0.833. The smallest absolute Gasteiger partial charge is 0.303 e. The molecule has 0 spiro atoms. The first kappa shape index (κ1) is 14.0. The molecule has 0 aromatic rings. The van der Waals surface area contributed by atoms with Gasteiger partial charge in [0, 0.05) is 25.6 Å². The molecule has 0 saturated carbocycles. The Hall–Kier alpha value is -1.10. The summed E-state index contributed by atoms with van der Waals surface area (Å²) in [4.78, 5) is 24.3. The Labute approximate surface area is 102 Å². The number of nitrogens with zero attached hydrogens (tertiary/aromatic N) is 1. The van der Waals surface area contributed by atoms with E-state index in [1.54, 1.807) is 0 Å². The van der Waals surface area contributed by atoms with Crippen molar-refractivity contribution in [1.82, 2.24) is 4.90 Å². The van der Waals surface area contributed by atoms with Crippen LogP contribution in [0.3, 0.4) is 0 Å². The highest BCUT2D eigenvalue weighted by Crippen LogP contribution is 2.22. The second kappa shape index (κ2) is 6.00. The molecule has 1 saturated heterocycles. The maximum atomic E-state index is 12.0. The predicted molar refractivity (Wildman–Crippen MR) is 64.4 cm³/mol. The van der Waals surface area contributed by atoms with Crippen molar-refractivity contribution in [3.05, 3.63) is 0 Å². The quantitative estimate of drug-likeness (QED) is 0.742. The molecule has 0 bridgehead atoms. The first-order chi connectivity index (χ1) is 7.91. The number of carboxylic acids is 1. The van der Waals surface area contributed by atoms with Gasteiger partial charge in [-0.05, 0) is 25.7 Å². The van der Waals surface area contributed by atoms with Crippen molar-refractivity contribution < 1.29 is 14.7 Å². The first-order valence-electron chi connectivity index (χ1n) is 6.18. The van der Waals surface area contributed by atoms with Gasteiger partial charge in [0.2, 0.25) is 5.91 Å². The summed E-state index contributed by atoms with van der Waals surface area (Å²) in [6, 6.07) is -0.138. The molecule has 17 heavy (non-hydrogen) atoms. The zero-order valence-electron chi connectivity index (χ0n) is 10.6. The van der Waals surface area contributed by atoms with E-state index in [9.17, 15) is 9.59 Å². The highest BCUT2D eigenvalue weighted by Gasteiger charge is 2.30. The Morgan fingerprint density at radius 3 is 2.65 bits per heavy atom. The lowest BCUT2D eigenvalue weighted by Crippen LogP contribution is -2.40. The molecular formula is C12H22N2O3. The van der Waals surface area contributed by atoms with Crippen LogP contribution in [-0.2, 0) is 9.59 Å². The highest BCUT2D eigenvalue weighted by molar-refractivity contribution is 5.79. The molecule has 3 atom stereocenters. The molecule has 1 aliphatic rings. The van der Waals surface area contributed by atoms with Gasteiger partial charge < -0.3 is 15.7 Å². The van der Waals surface area contributed by atoms with Gasteiger partial charge in [-0.1, -0.05) is 6.92 Å². The molecular weight excluding hydrogens is 220 g/mol. The summed E-state index contributed by atoms with van der Waals surface area (Å²) in [5.41, 5.74) is 5.71. The molecule has 0 aromatic heterocycles. The summed E-state index contributed by atoms with van der Waals surface area (Å²) in [7, 11) is 0. The maximum absolute atomic E-state index is 12.0. The number of carboxylic acid groups (broad SMARTS) is 1. The van der Waals surface area contributed by atoms with E-state index in [2.05, 4.69) is 0 Å². The van der Waals surface area contributed by atoms with E-state index in [0.29, 0.717) is 18.9 Å². The van der Waals surface area contributed by atoms with Crippen LogP contribution in [0.2, 0.25) is 0 Å². The molecule has 3 N–H and O–H groups in total. The molecule has 1 rings (SSSR count). The minimum absolute atomic E-state index is 0.0952. The molecule has 1 amide bonds. The zero-order chi connectivity index (χ0) is 13.0. The minimum atomic E-state index is -0.765. The van der Waals surface area contributed by atoms with Crippen LogP contribution in [0.4, 0.5) is 0 Å². The number of amides is 1. The summed E-state index contributed by atoms with van der Waals surface area (Å²) < 4.78 is 0. The lowest BCUT2D eigenvalue weighted by molar-refractivity contribution is -0.137. The SMILES string of the molecule is CC(N)C(C)C(=O)N1CCC(CCC(=O)O)C1. The second-order valence-corrected chi connectivity index (χ2v) is 5.02. The maximum Gasteiger partial charge on any atom is 0.303 e.